The van der Waals surface area contributed by atoms with Crippen LogP contribution in [0.25, 0.3) is 11.2 Å². The summed E-state index contributed by atoms with van der Waals surface area (Å²) >= 11 is 0. The van der Waals surface area contributed by atoms with Gasteiger partial charge in [-0.05, 0) is 12.8 Å². The minimum atomic E-state index is 0.286. The summed E-state index contributed by atoms with van der Waals surface area (Å²) in [5.74, 6) is 0.286. The number of nitrogens with zero attached hydrogens (tertiary/aromatic N) is 4. The maximum Gasteiger partial charge on any atom is 0.222 e. The predicted molar refractivity (Wildman–Crippen MR) is 48.0 cm³/mol. The van der Waals surface area contributed by atoms with Crippen molar-refractivity contribution in [3.05, 3.63) is 12.5 Å². The molecule has 1 saturated carbocycles. The molecule has 0 amide bonds. The molecule has 1 fully saturated rings. The molecule has 3 rings (SSSR count). The smallest absolute Gasteiger partial charge is 0.222 e. The summed E-state index contributed by atoms with van der Waals surface area (Å²) in [6, 6.07) is 0.609. The van der Waals surface area contributed by atoms with E-state index in [1.807, 2.05) is 6.33 Å². The van der Waals surface area contributed by atoms with E-state index < -0.39 is 0 Å². The lowest BCUT2D eigenvalue weighted by atomic mass is 10.5. The van der Waals surface area contributed by atoms with Crippen LogP contribution in [0.1, 0.15) is 18.9 Å². The lowest BCUT2D eigenvalue weighted by molar-refractivity contribution is 0.764. The van der Waals surface area contributed by atoms with Crippen molar-refractivity contribution in [3.8, 4) is 0 Å². The molecule has 2 N–H and O–H groups in total. The first-order valence-corrected chi connectivity index (χ1v) is 4.29. The van der Waals surface area contributed by atoms with E-state index in [0.29, 0.717) is 11.7 Å². The van der Waals surface area contributed by atoms with Crippen LogP contribution >= 0.6 is 0 Å². The van der Waals surface area contributed by atoms with Crippen molar-refractivity contribution >= 4 is 17.1 Å². The number of imidazole rings is 1. The number of rotatable bonds is 1. The molecule has 5 nitrogen and oxygen atoms in total. The topological polar surface area (TPSA) is 69.6 Å². The normalized spacial score (nSPS) is 16.6. The number of hydrogen-bond acceptors (Lipinski definition) is 4. The van der Waals surface area contributed by atoms with Crippen LogP contribution < -0.4 is 5.73 Å². The van der Waals surface area contributed by atoms with Crippen molar-refractivity contribution in [2.75, 3.05) is 5.73 Å². The second kappa shape index (κ2) is 2.18. The Balaban J connectivity index is 2.26. The average molecular weight is 175 g/mol. The molecular formula is C8H9N5. The highest BCUT2D eigenvalue weighted by Gasteiger charge is 2.25. The minimum absolute atomic E-state index is 0.286. The van der Waals surface area contributed by atoms with Gasteiger partial charge in [0.25, 0.3) is 0 Å². The largest absolute Gasteiger partial charge is 0.368 e. The molecule has 0 bridgehead atoms. The van der Waals surface area contributed by atoms with Crippen LogP contribution in [-0.2, 0) is 0 Å². The fourth-order valence-electron chi connectivity index (χ4n) is 1.48. The van der Waals surface area contributed by atoms with Gasteiger partial charge in [-0.15, -0.1) is 0 Å². The van der Waals surface area contributed by atoms with Gasteiger partial charge in [-0.1, -0.05) is 0 Å². The van der Waals surface area contributed by atoms with E-state index in [0.717, 1.165) is 5.52 Å². The maximum absolute atomic E-state index is 5.45. The van der Waals surface area contributed by atoms with Gasteiger partial charge in [0.1, 0.15) is 5.52 Å². The zero-order chi connectivity index (χ0) is 8.84. The molecule has 5 heteroatoms. The third kappa shape index (κ3) is 0.965. The van der Waals surface area contributed by atoms with Crippen LogP contribution in [0.15, 0.2) is 12.5 Å². The molecule has 0 aromatic carbocycles. The molecule has 2 aromatic heterocycles. The summed E-state index contributed by atoms with van der Waals surface area (Å²) in [5.41, 5.74) is 7.13. The zero-order valence-corrected chi connectivity index (χ0v) is 7.01. The quantitative estimate of drug-likeness (QED) is 0.694. The van der Waals surface area contributed by atoms with Gasteiger partial charge >= 0.3 is 0 Å². The fourth-order valence-corrected chi connectivity index (χ4v) is 1.48. The van der Waals surface area contributed by atoms with E-state index in [1.54, 1.807) is 6.20 Å². The van der Waals surface area contributed by atoms with Gasteiger partial charge in [-0.25, -0.2) is 9.97 Å². The van der Waals surface area contributed by atoms with Gasteiger partial charge in [-0.2, -0.15) is 4.98 Å². The first-order chi connectivity index (χ1) is 6.34. The second-order valence-electron chi connectivity index (χ2n) is 3.32. The van der Waals surface area contributed by atoms with Crippen molar-refractivity contribution in [1.29, 1.82) is 0 Å². The van der Waals surface area contributed by atoms with Gasteiger partial charge in [0, 0.05) is 6.04 Å². The number of fused-ring (bicyclic) bond motifs is 1. The van der Waals surface area contributed by atoms with Crippen molar-refractivity contribution in [1.82, 2.24) is 19.5 Å². The highest BCUT2D eigenvalue weighted by atomic mass is 15.2. The highest BCUT2D eigenvalue weighted by Crippen LogP contribution is 2.36. The monoisotopic (exact) mass is 175 g/mol. The van der Waals surface area contributed by atoms with E-state index >= 15 is 0 Å². The first kappa shape index (κ1) is 6.82. The Morgan fingerprint density at radius 3 is 3.00 bits per heavy atom. The van der Waals surface area contributed by atoms with E-state index in [1.165, 1.54) is 12.8 Å². The van der Waals surface area contributed by atoms with Crippen LogP contribution in [0.4, 0.5) is 5.95 Å². The van der Waals surface area contributed by atoms with Crippen LogP contribution in [0.5, 0.6) is 0 Å². The molecule has 0 unspecified atom stereocenters. The van der Waals surface area contributed by atoms with Gasteiger partial charge in [0.15, 0.2) is 5.65 Å². The first-order valence-electron chi connectivity index (χ1n) is 4.29. The second-order valence-corrected chi connectivity index (χ2v) is 3.32. The molecule has 0 saturated heterocycles. The molecule has 1 aliphatic rings. The Kier molecular flexibility index (Phi) is 1.15. The number of nitrogen functional groups attached to an aromatic ring is 1. The van der Waals surface area contributed by atoms with E-state index in [4.69, 9.17) is 5.73 Å². The molecule has 2 heterocycles. The summed E-state index contributed by atoms with van der Waals surface area (Å²) in [6.45, 7) is 0. The molecule has 66 valence electrons. The summed E-state index contributed by atoms with van der Waals surface area (Å²) in [7, 11) is 0. The van der Waals surface area contributed by atoms with Crippen LogP contribution in [0.3, 0.4) is 0 Å². The Hall–Kier alpha value is -1.65. The molecule has 13 heavy (non-hydrogen) atoms. The third-order valence-electron chi connectivity index (χ3n) is 2.29. The Morgan fingerprint density at radius 2 is 2.23 bits per heavy atom. The molecule has 2 aromatic rings. The number of nitrogens with two attached hydrogens (primary N) is 1. The van der Waals surface area contributed by atoms with Crippen molar-refractivity contribution in [3.63, 3.8) is 0 Å². The van der Waals surface area contributed by atoms with E-state index in [2.05, 4.69) is 19.5 Å². The Labute approximate surface area is 74.6 Å². The lowest BCUT2D eigenvalue weighted by Gasteiger charge is -1.98. The van der Waals surface area contributed by atoms with Crippen molar-refractivity contribution in [2.45, 2.75) is 18.9 Å². The van der Waals surface area contributed by atoms with Gasteiger partial charge in [-0.3, -0.25) is 0 Å². The van der Waals surface area contributed by atoms with Crippen LogP contribution in [-0.4, -0.2) is 19.5 Å². The van der Waals surface area contributed by atoms with Gasteiger partial charge < -0.3 is 10.3 Å². The number of hydrogen-bond donors (Lipinski definition) is 1. The van der Waals surface area contributed by atoms with E-state index in [-0.39, 0.29) is 5.95 Å². The zero-order valence-electron chi connectivity index (χ0n) is 7.01. The lowest BCUT2D eigenvalue weighted by Crippen LogP contribution is -1.96. The summed E-state index contributed by atoms with van der Waals surface area (Å²) in [6.07, 6.45) is 6.02. The van der Waals surface area contributed by atoms with E-state index in [9.17, 15) is 0 Å². The summed E-state index contributed by atoms with van der Waals surface area (Å²) in [5, 5.41) is 0. The predicted octanol–water partition coefficient (Wildman–Crippen LogP) is 0.743. The van der Waals surface area contributed by atoms with Gasteiger partial charge in [0.2, 0.25) is 5.95 Å². The third-order valence-corrected chi connectivity index (χ3v) is 2.29. The number of anilines is 1. The van der Waals surface area contributed by atoms with Crippen molar-refractivity contribution < 1.29 is 0 Å². The Bertz CT molecular complexity index is 457. The number of aromatic nitrogens is 4. The molecule has 1 aliphatic carbocycles. The van der Waals surface area contributed by atoms with Crippen LogP contribution in [0, 0.1) is 0 Å². The molecule has 0 spiro atoms. The van der Waals surface area contributed by atoms with Gasteiger partial charge in [0.05, 0.1) is 12.5 Å². The molecule has 0 aliphatic heterocycles. The standard InChI is InChI=1S/C8H9N5/c9-8-10-3-6-7(12-8)11-4-13(6)5-1-2-5/h3-5H,1-2H2,(H2,9,10,12). The SMILES string of the molecule is Nc1ncc2c(ncn2C2CC2)n1. The molecule has 0 atom stereocenters. The summed E-state index contributed by atoms with van der Waals surface area (Å²) < 4.78 is 2.12. The maximum atomic E-state index is 5.45. The average Bonchev–Trinajstić information content (AvgIpc) is 2.87. The summed E-state index contributed by atoms with van der Waals surface area (Å²) in [4.78, 5) is 12.2. The molecule has 0 radical (unpaired) electrons. The van der Waals surface area contributed by atoms with Crippen molar-refractivity contribution in [2.24, 2.45) is 0 Å². The highest BCUT2D eigenvalue weighted by molar-refractivity contribution is 5.70. The minimum Gasteiger partial charge on any atom is -0.368 e. The molecular weight excluding hydrogens is 166 g/mol. The Morgan fingerprint density at radius 1 is 1.38 bits per heavy atom. The van der Waals surface area contributed by atoms with Crippen LogP contribution in [0.2, 0.25) is 0 Å². The fraction of sp³-hybridized carbons (Fsp3) is 0.375.